The van der Waals surface area contributed by atoms with Gasteiger partial charge < -0.3 is 24.0 Å². The highest BCUT2D eigenvalue weighted by atomic mass is 127. The van der Waals surface area contributed by atoms with Crippen molar-refractivity contribution in [2.24, 2.45) is 0 Å². The summed E-state index contributed by atoms with van der Waals surface area (Å²) < 4.78 is 0. The molecule has 0 aromatic carbocycles. The smallest absolute Gasteiger partial charge is 0.0594 e. The average molecular weight is 695 g/mol. The summed E-state index contributed by atoms with van der Waals surface area (Å²) in [5.74, 6) is 0. The Morgan fingerprint density at radius 2 is 0.375 bits per heavy atom. The lowest BCUT2D eigenvalue weighted by Gasteiger charge is -2.28. The molecule has 0 rings (SSSR count). The van der Waals surface area contributed by atoms with Crippen LogP contribution in [0.15, 0.2) is 0 Å². The molecule has 0 N–H and O–H groups in total. The standard InChI is InChI=1S/C38H80P.HI/c1-5-9-13-17-21-22-23-24-25-26-30-34-38-39(35-31-27-18-14-10-6-2,36-32-28-19-15-11-7-3)37-33-29-20-16-12-8-4;/h5-38H2,1-4H3;1H/q+1;/p-1. The number of unbranched alkanes of at least 4 members (excludes halogenated alkanes) is 26. The second kappa shape index (κ2) is 36.4. The molecule has 40 heavy (non-hydrogen) atoms. The van der Waals surface area contributed by atoms with Gasteiger partial charge in [0, 0.05) is 7.26 Å². The molecule has 0 heterocycles. The van der Waals surface area contributed by atoms with Gasteiger partial charge in [-0.15, -0.1) is 0 Å². The fourth-order valence-electron chi connectivity index (χ4n) is 6.64. The zero-order chi connectivity index (χ0) is 28.5. The van der Waals surface area contributed by atoms with Crippen molar-refractivity contribution in [3.63, 3.8) is 0 Å². The van der Waals surface area contributed by atoms with Gasteiger partial charge in [-0.3, -0.25) is 0 Å². The molecule has 0 spiro atoms. The molecule has 0 radical (unpaired) electrons. The van der Waals surface area contributed by atoms with Crippen LogP contribution in [0.5, 0.6) is 0 Å². The molecule has 0 bridgehead atoms. The molecule has 0 aromatic rings. The van der Waals surface area contributed by atoms with Crippen LogP contribution in [-0.4, -0.2) is 24.6 Å². The van der Waals surface area contributed by atoms with E-state index in [2.05, 4.69) is 27.7 Å². The van der Waals surface area contributed by atoms with Gasteiger partial charge >= 0.3 is 0 Å². The molecule has 0 aromatic heterocycles. The van der Waals surface area contributed by atoms with E-state index in [0.717, 1.165) is 0 Å². The van der Waals surface area contributed by atoms with E-state index < -0.39 is 7.26 Å². The molecular formula is C38H80IP. The van der Waals surface area contributed by atoms with Gasteiger partial charge in [-0.05, 0) is 51.4 Å². The number of hydrogen-bond acceptors (Lipinski definition) is 0. The Kier molecular flexibility index (Phi) is 39.3. The van der Waals surface area contributed by atoms with Crippen LogP contribution >= 0.6 is 7.26 Å². The lowest BCUT2D eigenvalue weighted by molar-refractivity contribution is -0.00000886. The molecule has 0 atom stereocenters. The van der Waals surface area contributed by atoms with Crippen molar-refractivity contribution in [2.45, 2.75) is 220 Å². The molecular weight excluding hydrogens is 614 g/mol. The van der Waals surface area contributed by atoms with Crippen LogP contribution in [-0.2, 0) is 0 Å². The van der Waals surface area contributed by atoms with E-state index in [0.29, 0.717) is 0 Å². The van der Waals surface area contributed by atoms with Crippen molar-refractivity contribution in [1.29, 1.82) is 0 Å². The molecule has 0 saturated heterocycles. The molecule has 2 heteroatoms. The Morgan fingerprint density at radius 1 is 0.225 bits per heavy atom. The van der Waals surface area contributed by atoms with E-state index in [9.17, 15) is 0 Å². The first-order valence-corrected chi connectivity index (χ1v) is 21.6. The van der Waals surface area contributed by atoms with Crippen molar-refractivity contribution >= 4 is 7.26 Å². The van der Waals surface area contributed by atoms with E-state index in [1.165, 1.54) is 167 Å². The van der Waals surface area contributed by atoms with Crippen molar-refractivity contribution in [2.75, 3.05) is 24.6 Å². The van der Waals surface area contributed by atoms with E-state index in [-0.39, 0.29) is 24.0 Å². The zero-order valence-electron chi connectivity index (χ0n) is 28.9. The summed E-state index contributed by atoms with van der Waals surface area (Å²) in [5, 5.41) is 0. The topological polar surface area (TPSA) is 0 Å². The zero-order valence-corrected chi connectivity index (χ0v) is 31.9. The van der Waals surface area contributed by atoms with Crippen LogP contribution in [0, 0.1) is 0 Å². The van der Waals surface area contributed by atoms with Crippen LogP contribution in [0.3, 0.4) is 0 Å². The van der Waals surface area contributed by atoms with Crippen LogP contribution in [0.1, 0.15) is 220 Å². The largest absolute Gasteiger partial charge is 1.00 e. The minimum absolute atomic E-state index is 0. The first-order valence-electron chi connectivity index (χ1n) is 19.1. The first kappa shape index (κ1) is 43.3. The van der Waals surface area contributed by atoms with Crippen LogP contribution in [0.25, 0.3) is 0 Å². The van der Waals surface area contributed by atoms with Crippen molar-refractivity contribution in [1.82, 2.24) is 0 Å². The monoisotopic (exact) mass is 695 g/mol. The molecule has 0 amide bonds. The highest BCUT2D eigenvalue weighted by Crippen LogP contribution is 2.61. The molecule has 0 fully saturated rings. The van der Waals surface area contributed by atoms with Crippen molar-refractivity contribution in [3.05, 3.63) is 0 Å². The fraction of sp³-hybridized carbons (Fsp3) is 1.00. The number of rotatable bonds is 34. The highest BCUT2D eigenvalue weighted by Gasteiger charge is 2.34. The van der Waals surface area contributed by atoms with Gasteiger partial charge in [-0.1, -0.05) is 169 Å². The Hall–Kier alpha value is 1.16. The third kappa shape index (κ3) is 30.6. The second-order valence-electron chi connectivity index (χ2n) is 13.4. The molecule has 0 saturated carbocycles. The van der Waals surface area contributed by atoms with Crippen molar-refractivity contribution in [3.8, 4) is 0 Å². The van der Waals surface area contributed by atoms with Gasteiger partial charge in [0.05, 0.1) is 24.6 Å². The lowest BCUT2D eigenvalue weighted by Crippen LogP contribution is -3.00. The molecule has 0 aliphatic heterocycles. The normalized spacial score (nSPS) is 11.7. The summed E-state index contributed by atoms with van der Waals surface area (Å²) in [5.41, 5.74) is 0. The van der Waals surface area contributed by atoms with Gasteiger partial charge in [0.15, 0.2) is 0 Å². The van der Waals surface area contributed by atoms with E-state index in [4.69, 9.17) is 0 Å². The predicted molar refractivity (Wildman–Crippen MR) is 188 cm³/mol. The molecule has 244 valence electrons. The summed E-state index contributed by atoms with van der Waals surface area (Å²) in [6.45, 7) is 9.38. The van der Waals surface area contributed by atoms with Gasteiger partial charge in [0.2, 0.25) is 0 Å². The average Bonchev–Trinajstić information content (AvgIpc) is 2.95. The van der Waals surface area contributed by atoms with Crippen LogP contribution < -0.4 is 24.0 Å². The number of halogens is 1. The number of hydrogen-bond donors (Lipinski definition) is 0. The predicted octanol–water partition coefficient (Wildman–Crippen LogP) is 11.8. The maximum atomic E-state index is 2.35. The fourth-order valence-corrected chi connectivity index (χ4v) is 11.6. The molecule has 0 aliphatic rings. The minimum atomic E-state index is -0.743. The summed E-state index contributed by atoms with van der Waals surface area (Å²) in [6.07, 6.45) is 51.2. The Morgan fingerprint density at radius 3 is 0.550 bits per heavy atom. The Balaban J connectivity index is 0. The summed E-state index contributed by atoms with van der Waals surface area (Å²) >= 11 is 0. The van der Waals surface area contributed by atoms with Gasteiger partial charge in [-0.25, -0.2) is 0 Å². The first-order chi connectivity index (χ1) is 19.2. The quantitative estimate of drug-likeness (QED) is 0.0357. The van der Waals surface area contributed by atoms with Crippen molar-refractivity contribution < 1.29 is 24.0 Å². The van der Waals surface area contributed by atoms with Gasteiger partial charge in [0.25, 0.3) is 0 Å². The van der Waals surface area contributed by atoms with Gasteiger partial charge in [-0.2, -0.15) is 0 Å². The van der Waals surface area contributed by atoms with E-state index in [1.54, 1.807) is 50.3 Å². The summed E-state index contributed by atoms with van der Waals surface area (Å²) in [6, 6.07) is 0. The highest BCUT2D eigenvalue weighted by molar-refractivity contribution is 7.75. The third-order valence-corrected chi connectivity index (χ3v) is 14.5. The Bertz CT molecular complexity index is 396. The second-order valence-corrected chi connectivity index (χ2v) is 17.9. The van der Waals surface area contributed by atoms with E-state index in [1.807, 2.05) is 0 Å². The maximum absolute atomic E-state index is 2.35. The molecule has 0 unspecified atom stereocenters. The summed E-state index contributed by atoms with van der Waals surface area (Å²) in [4.78, 5) is 0. The Labute approximate surface area is 274 Å². The van der Waals surface area contributed by atoms with Gasteiger partial charge in [0.1, 0.15) is 0 Å². The summed E-state index contributed by atoms with van der Waals surface area (Å²) in [7, 11) is -0.743. The molecule has 0 aliphatic carbocycles. The lowest BCUT2D eigenvalue weighted by atomic mass is 10.1. The van der Waals surface area contributed by atoms with Crippen LogP contribution in [0.2, 0.25) is 0 Å². The van der Waals surface area contributed by atoms with E-state index >= 15 is 0 Å². The minimum Gasteiger partial charge on any atom is -1.00 e. The third-order valence-electron chi connectivity index (χ3n) is 9.44. The van der Waals surface area contributed by atoms with Crippen LogP contribution in [0.4, 0.5) is 0 Å². The SMILES string of the molecule is CCCCCCCCCCCCCC[P+](CCCCCCCC)(CCCCCCCC)CCCCCCCC.[I-]. The molecule has 0 nitrogen and oxygen atoms in total. The maximum Gasteiger partial charge on any atom is 0.0594 e.